The minimum absolute atomic E-state index is 0.0272. The van der Waals surface area contributed by atoms with E-state index in [1.807, 2.05) is 0 Å². The quantitative estimate of drug-likeness (QED) is 0.644. The Labute approximate surface area is 163 Å². The number of carbonyl (C=O) groups excluding carboxylic acids is 1. The number of nitrogens with one attached hydrogen (secondary N) is 1. The molecule has 0 atom stereocenters. The molecule has 0 radical (unpaired) electrons. The monoisotopic (exact) mass is 493 g/mol. The van der Waals surface area contributed by atoms with Crippen molar-refractivity contribution in [2.24, 2.45) is 0 Å². The van der Waals surface area contributed by atoms with E-state index in [1.165, 1.54) is 0 Å². The van der Waals surface area contributed by atoms with Gasteiger partial charge in [0.1, 0.15) is 0 Å². The van der Waals surface area contributed by atoms with Gasteiger partial charge in [-0.1, -0.05) is 0 Å². The fourth-order valence-corrected chi connectivity index (χ4v) is 4.62. The molecule has 1 saturated heterocycles. The molecule has 134 valence electrons. The summed E-state index contributed by atoms with van der Waals surface area (Å²) in [4.78, 5) is 18.3. The fourth-order valence-electron chi connectivity index (χ4n) is 2.30. The lowest BCUT2D eigenvalue weighted by Crippen LogP contribution is -2.41. The molecule has 0 aliphatic carbocycles. The maximum Gasteiger partial charge on any atom is 0.263 e. The molecule has 1 amide bonds. The summed E-state index contributed by atoms with van der Waals surface area (Å²) >= 11 is 3.28. The minimum atomic E-state index is -3.68. The first-order valence-corrected chi connectivity index (χ1v) is 11.0. The highest BCUT2D eigenvalue weighted by Gasteiger charge is 2.20. The topological polar surface area (TPSA) is 88.6 Å². The second-order valence-corrected chi connectivity index (χ2v) is 9.16. The molecule has 0 saturated carbocycles. The largest absolute Gasteiger partial charge is 0.378 e. The van der Waals surface area contributed by atoms with Gasteiger partial charge in [0, 0.05) is 22.0 Å². The summed E-state index contributed by atoms with van der Waals surface area (Å²) in [5.74, 6) is -0.0272. The van der Waals surface area contributed by atoms with Crippen LogP contribution in [0.3, 0.4) is 0 Å². The molecule has 1 aliphatic rings. The average Bonchev–Trinajstić information content (AvgIpc) is 3.02. The second kappa shape index (κ2) is 7.98. The van der Waals surface area contributed by atoms with Crippen molar-refractivity contribution in [3.63, 3.8) is 0 Å². The molecule has 1 aromatic heterocycles. The van der Waals surface area contributed by atoms with Crippen molar-refractivity contribution < 1.29 is 17.9 Å². The van der Waals surface area contributed by atoms with Gasteiger partial charge >= 0.3 is 0 Å². The number of aromatic nitrogens is 1. The number of amides is 1. The zero-order valence-electron chi connectivity index (χ0n) is 13.1. The summed E-state index contributed by atoms with van der Waals surface area (Å²) in [6.45, 7) is 2.25. The highest BCUT2D eigenvalue weighted by molar-refractivity contribution is 14.1. The van der Waals surface area contributed by atoms with E-state index in [0.29, 0.717) is 32.0 Å². The number of nitrogens with zero attached hydrogens (tertiary/aromatic N) is 2. The minimum Gasteiger partial charge on any atom is -0.378 e. The van der Waals surface area contributed by atoms with Gasteiger partial charge in [-0.25, -0.2) is 13.4 Å². The van der Waals surface area contributed by atoms with E-state index in [4.69, 9.17) is 4.74 Å². The van der Waals surface area contributed by atoms with Crippen LogP contribution in [0.2, 0.25) is 0 Å². The molecule has 1 aromatic carbocycles. The number of halogens is 1. The Kier molecular flexibility index (Phi) is 5.92. The van der Waals surface area contributed by atoms with Crippen LogP contribution in [0.4, 0.5) is 5.13 Å². The zero-order valence-corrected chi connectivity index (χ0v) is 16.9. The van der Waals surface area contributed by atoms with E-state index in [0.717, 1.165) is 14.9 Å². The van der Waals surface area contributed by atoms with Crippen LogP contribution in [0.5, 0.6) is 0 Å². The molecule has 2 heterocycles. The molecule has 25 heavy (non-hydrogen) atoms. The van der Waals surface area contributed by atoms with Gasteiger partial charge in [-0.3, -0.25) is 9.52 Å². The molecule has 0 spiro atoms. The standard InChI is InChI=1S/C15H16IN3O4S2/c16-11-1-3-13(4-2-11)25(21,22)18-15-17-12(10-24-15)9-14(20)19-5-7-23-8-6-19/h1-4,10H,5-9H2,(H,17,18). The average molecular weight is 493 g/mol. The summed E-state index contributed by atoms with van der Waals surface area (Å²) in [7, 11) is -3.68. The molecule has 1 aliphatic heterocycles. The van der Waals surface area contributed by atoms with Gasteiger partial charge in [0.05, 0.1) is 30.2 Å². The maximum atomic E-state index is 12.4. The van der Waals surface area contributed by atoms with Crippen LogP contribution in [0.25, 0.3) is 0 Å². The van der Waals surface area contributed by atoms with E-state index >= 15 is 0 Å². The molecule has 10 heteroatoms. The van der Waals surface area contributed by atoms with Crippen LogP contribution in [0.1, 0.15) is 5.69 Å². The van der Waals surface area contributed by atoms with Gasteiger partial charge < -0.3 is 9.64 Å². The number of sulfonamides is 1. The Morgan fingerprint density at radius 1 is 1.28 bits per heavy atom. The smallest absolute Gasteiger partial charge is 0.263 e. The molecule has 0 bridgehead atoms. The van der Waals surface area contributed by atoms with Crippen LogP contribution >= 0.6 is 33.9 Å². The summed E-state index contributed by atoms with van der Waals surface area (Å²) in [5, 5.41) is 1.95. The van der Waals surface area contributed by atoms with Crippen molar-refractivity contribution in [3.8, 4) is 0 Å². The first kappa shape index (κ1) is 18.5. The molecule has 2 aromatic rings. The number of ether oxygens (including phenoxy) is 1. The third-order valence-corrected chi connectivity index (χ3v) is 6.60. The van der Waals surface area contributed by atoms with Gasteiger partial charge in [0.2, 0.25) is 5.91 Å². The van der Waals surface area contributed by atoms with Crippen LogP contribution in [-0.4, -0.2) is 50.5 Å². The Morgan fingerprint density at radius 3 is 2.64 bits per heavy atom. The predicted molar refractivity (Wildman–Crippen MR) is 103 cm³/mol. The number of hydrogen-bond acceptors (Lipinski definition) is 6. The van der Waals surface area contributed by atoms with Crippen molar-refractivity contribution in [3.05, 3.63) is 38.9 Å². The van der Waals surface area contributed by atoms with Crippen molar-refractivity contribution in [2.45, 2.75) is 11.3 Å². The zero-order chi connectivity index (χ0) is 17.9. The summed E-state index contributed by atoms with van der Waals surface area (Å²) in [6, 6.07) is 6.54. The number of anilines is 1. The third-order valence-electron chi connectivity index (χ3n) is 3.59. The molecule has 7 nitrogen and oxygen atoms in total. The third kappa shape index (κ3) is 4.90. The first-order chi connectivity index (χ1) is 11.9. The molecule has 1 N–H and O–H groups in total. The number of hydrogen-bond donors (Lipinski definition) is 1. The number of thiazole rings is 1. The maximum absolute atomic E-state index is 12.4. The van der Waals surface area contributed by atoms with Crippen LogP contribution < -0.4 is 4.72 Å². The number of rotatable bonds is 5. The highest BCUT2D eigenvalue weighted by atomic mass is 127. The normalized spacial score (nSPS) is 15.2. The van der Waals surface area contributed by atoms with Crippen molar-refractivity contribution in [2.75, 3.05) is 31.0 Å². The van der Waals surface area contributed by atoms with Gasteiger partial charge in [-0.2, -0.15) is 0 Å². The van der Waals surface area contributed by atoms with Gasteiger partial charge in [-0.15, -0.1) is 11.3 Å². The highest BCUT2D eigenvalue weighted by Crippen LogP contribution is 2.21. The van der Waals surface area contributed by atoms with E-state index in [-0.39, 0.29) is 22.4 Å². The van der Waals surface area contributed by atoms with E-state index in [1.54, 1.807) is 34.5 Å². The van der Waals surface area contributed by atoms with E-state index in [2.05, 4.69) is 32.3 Å². The Balaban J connectivity index is 1.65. The van der Waals surface area contributed by atoms with Crippen LogP contribution in [-0.2, 0) is 26.0 Å². The van der Waals surface area contributed by atoms with Crippen molar-refractivity contribution >= 4 is 55.0 Å². The molecular formula is C15H16IN3O4S2. The lowest BCUT2D eigenvalue weighted by molar-refractivity contribution is -0.134. The first-order valence-electron chi connectivity index (χ1n) is 7.52. The van der Waals surface area contributed by atoms with Gasteiger partial charge in [-0.05, 0) is 46.9 Å². The molecule has 3 rings (SSSR count). The fraction of sp³-hybridized carbons (Fsp3) is 0.333. The Hall–Kier alpha value is -1.24. The van der Waals surface area contributed by atoms with Gasteiger partial charge in [0.25, 0.3) is 10.0 Å². The Morgan fingerprint density at radius 2 is 1.96 bits per heavy atom. The Bertz CT molecular complexity index is 846. The number of carbonyl (C=O) groups is 1. The lowest BCUT2D eigenvalue weighted by atomic mass is 10.3. The van der Waals surface area contributed by atoms with Crippen molar-refractivity contribution in [1.82, 2.24) is 9.88 Å². The summed E-state index contributed by atoms with van der Waals surface area (Å²) in [6.07, 6.45) is 0.155. The summed E-state index contributed by atoms with van der Waals surface area (Å²) < 4.78 is 33.3. The molecule has 0 unspecified atom stereocenters. The molecular weight excluding hydrogens is 477 g/mol. The SMILES string of the molecule is O=C(Cc1csc(NS(=O)(=O)c2ccc(I)cc2)n1)N1CCOCC1. The van der Waals surface area contributed by atoms with E-state index in [9.17, 15) is 13.2 Å². The van der Waals surface area contributed by atoms with E-state index < -0.39 is 10.0 Å². The van der Waals surface area contributed by atoms with Crippen LogP contribution in [0, 0.1) is 3.57 Å². The summed E-state index contributed by atoms with van der Waals surface area (Å²) in [5.41, 5.74) is 0.557. The number of morpholine rings is 1. The van der Waals surface area contributed by atoms with Crippen LogP contribution in [0.15, 0.2) is 34.5 Å². The van der Waals surface area contributed by atoms with Gasteiger partial charge in [0.15, 0.2) is 5.13 Å². The lowest BCUT2D eigenvalue weighted by Gasteiger charge is -2.26. The molecule has 1 fully saturated rings. The number of benzene rings is 1. The second-order valence-electron chi connectivity index (χ2n) is 5.37. The van der Waals surface area contributed by atoms with Crippen molar-refractivity contribution in [1.29, 1.82) is 0 Å². The predicted octanol–water partition coefficient (Wildman–Crippen LogP) is 1.95.